The summed E-state index contributed by atoms with van der Waals surface area (Å²) in [7, 11) is 3.14. The number of nitrogens with zero attached hydrogens (tertiary/aromatic N) is 2. The van der Waals surface area contributed by atoms with E-state index in [2.05, 4.69) is 21.0 Å². The minimum Gasteiger partial charge on any atom is -0.492 e. The highest BCUT2D eigenvalue weighted by atomic mass is 79.9. The Morgan fingerprint density at radius 2 is 2.11 bits per heavy atom. The molecule has 0 amide bonds. The molecule has 1 aromatic carbocycles. The zero-order chi connectivity index (χ0) is 13.4. The molecular formula is C12H13BrFN3O. The van der Waals surface area contributed by atoms with Crippen molar-refractivity contribution in [3.05, 3.63) is 28.1 Å². The summed E-state index contributed by atoms with van der Waals surface area (Å²) in [6.45, 7) is 1.86. The average Bonchev–Trinajstić information content (AvgIpc) is 2.66. The molecule has 0 atom stereocenters. The molecule has 2 aromatic rings. The third kappa shape index (κ3) is 1.86. The van der Waals surface area contributed by atoms with Gasteiger partial charge in [0.05, 0.1) is 17.8 Å². The molecule has 2 N–H and O–H groups in total. The number of methoxy groups -OCH3 is 1. The van der Waals surface area contributed by atoms with Crippen LogP contribution in [0, 0.1) is 12.7 Å². The molecule has 0 saturated carbocycles. The lowest BCUT2D eigenvalue weighted by Crippen LogP contribution is -2.00. The molecule has 0 unspecified atom stereocenters. The first-order valence-corrected chi connectivity index (χ1v) is 6.07. The predicted molar refractivity (Wildman–Crippen MR) is 72.0 cm³/mol. The van der Waals surface area contributed by atoms with Gasteiger partial charge in [0.25, 0.3) is 0 Å². The lowest BCUT2D eigenvalue weighted by molar-refractivity contribution is 0.384. The molecule has 96 valence electrons. The van der Waals surface area contributed by atoms with E-state index in [1.54, 1.807) is 19.3 Å². The van der Waals surface area contributed by atoms with E-state index in [0.29, 0.717) is 21.4 Å². The van der Waals surface area contributed by atoms with Gasteiger partial charge in [-0.1, -0.05) is 0 Å². The Labute approximate surface area is 113 Å². The van der Waals surface area contributed by atoms with E-state index in [-0.39, 0.29) is 5.75 Å². The number of halogens is 2. The topological polar surface area (TPSA) is 53.1 Å². The average molecular weight is 314 g/mol. The fourth-order valence-electron chi connectivity index (χ4n) is 1.77. The standard InChI is InChI=1S/C12H13BrFN3O/c1-6-4-7(8-5-16-17(2)12(8)15)10(14)11(18-3)9(6)13/h4-5H,15H2,1-3H3. The summed E-state index contributed by atoms with van der Waals surface area (Å²) in [5.74, 6) is 0.139. The van der Waals surface area contributed by atoms with Crippen LogP contribution >= 0.6 is 15.9 Å². The molecule has 4 nitrogen and oxygen atoms in total. The Morgan fingerprint density at radius 3 is 2.61 bits per heavy atom. The zero-order valence-electron chi connectivity index (χ0n) is 10.3. The first kappa shape index (κ1) is 12.9. The lowest BCUT2D eigenvalue weighted by atomic mass is 10.0. The van der Waals surface area contributed by atoms with E-state index < -0.39 is 5.82 Å². The molecule has 0 aliphatic heterocycles. The number of nitrogen functional groups attached to an aromatic ring is 1. The molecule has 0 saturated heterocycles. The predicted octanol–water partition coefficient (Wildman–Crippen LogP) is 2.89. The number of hydrogen-bond acceptors (Lipinski definition) is 3. The Kier molecular flexibility index (Phi) is 3.30. The van der Waals surface area contributed by atoms with Gasteiger partial charge in [0.2, 0.25) is 0 Å². The van der Waals surface area contributed by atoms with Crippen molar-refractivity contribution in [2.24, 2.45) is 7.05 Å². The van der Waals surface area contributed by atoms with Gasteiger partial charge in [-0.05, 0) is 34.5 Å². The molecule has 6 heteroatoms. The van der Waals surface area contributed by atoms with E-state index in [0.717, 1.165) is 5.56 Å². The summed E-state index contributed by atoms with van der Waals surface area (Å²) >= 11 is 3.30. The van der Waals surface area contributed by atoms with E-state index in [1.807, 2.05) is 6.92 Å². The molecular weight excluding hydrogens is 301 g/mol. The highest BCUT2D eigenvalue weighted by Gasteiger charge is 2.19. The molecule has 0 aliphatic rings. The first-order chi connectivity index (χ1) is 8.47. The third-order valence-electron chi connectivity index (χ3n) is 2.82. The number of anilines is 1. The summed E-state index contributed by atoms with van der Waals surface area (Å²) in [5.41, 5.74) is 7.68. The molecule has 0 radical (unpaired) electrons. The smallest absolute Gasteiger partial charge is 0.174 e. The van der Waals surface area contributed by atoms with Crippen molar-refractivity contribution in [2.75, 3.05) is 12.8 Å². The second-order valence-corrected chi connectivity index (χ2v) is 4.76. The van der Waals surface area contributed by atoms with Crippen LogP contribution in [0.2, 0.25) is 0 Å². The van der Waals surface area contributed by atoms with E-state index in [1.165, 1.54) is 11.8 Å². The SMILES string of the molecule is COc1c(F)c(-c2cnn(C)c2N)cc(C)c1Br. The van der Waals surface area contributed by atoms with Crippen LogP contribution in [-0.4, -0.2) is 16.9 Å². The Morgan fingerprint density at radius 1 is 1.44 bits per heavy atom. The summed E-state index contributed by atoms with van der Waals surface area (Å²) in [6.07, 6.45) is 1.54. The highest BCUT2D eigenvalue weighted by Crippen LogP contribution is 2.39. The number of ether oxygens (including phenoxy) is 1. The van der Waals surface area contributed by atoms with Crippen molar-refractivity contribution in [1.82, 2.24) is 9.78 Å². The van der Waals surface area contributed by atoms with Gasteiger partial charge in [-0.25, -0.2) is 4.39 Å². The normalized spacial score (nSPS) is 10.7. The van der Waals surface area contributed by atoms with Crippen LogP contribution in [0.4, 0.5) is 10.2 Å². The van der Waals surface area contributed by atoms with Crippen LogP contribution < -0.4 is 10.5 Å². The van der Waals surface area contributed by atoms with Crippen molar-refractivity contribution in [3.63, 3.8) is 0 Å². The van der Waals surface area contributed by atoms with E-state index >= 15 is 0 Å². The summed E-state index contributed by atoms with van der Waals surface area (Å²) < 4.78 is 21.5. The highest BCUT2D eigenvalue weighted by molar-refractivity contribution is 9.10. The molecule has 0 spiro atoms. The fourth-order valence-corrected chi connectivity index (χ4v) is 2.22. The lowest BCUT2D eigenvalue weighted by Gasteiger charge is -2.11. The van der Waals surface area contributed by atoms with Crippen molar-refractivity contribution in [3.8, 4) is 16.9 Å². The quantitative estimate of drug-likeness (QED) is 0.927. The molecule has 0 aliphatic carbocycles. The zero-order valence-corrected chi connectivity index (χ0v) is 11.9. The maximum Gasteiger partial charge on any atom is 0.174 e. The van der Waals surface area contributed by atoms with Gasteiger partial charge in [-0.15, -0.1) is 0 Å². The van der Waals surface area contributed by atoms with Crippen molar-refractivity contribution < 1.29 is 9.13 Å². The van der Waals surface area contributed by atoms with Crippen molar-refractivity contribution in [2.45, 2.75) is 6.92 Å². The Balaban J connectivity index is 2.73. The molecule has 2 rings (SSSR count). The van der Waals surface area contributed by atoms with Gasteiger partial charge in [0.15, 0.2) is 11.6 Å². The Hall–Kier alpha value is -1.56. The second-order valence-electron chi connectivity index (χ2n) is 3.97. The number of aromatic nitrogens is 2. The van der Waals surface area contributed by atoms with Gasteiger partial charge in [0.1, 0.15) is 5.82 Å². The maximum atomic E-state index is 14.3. The number of aryl methyl sites for hydroxylation is 2. The number of nitrogens with two attached hydrogens (primary N) is 1. The number of benzene rings is 1. The monoisotopic (exact) mass is 313 g/mol. The minimum absolute atomic E-state index is 0.174. The van der Waals surface area contributed by atoms with Crippen LogP contribution in [-0.2, 0) is 7.05 Å². The minimum atomic E-state index is -0.449. The first-order valence-electron chi connectivity index (χ1n) is 5.27. The fraction of sp³-hybridized carbons (Fsp3) is 0.250. The van der Waals surface area contributed by atoms with Gasteiger partial charge in [-0.3, -0.25) is 4.68 Å². The van der Waals surface area contributed by atoms with E-state index in [4.69, 9.17) is 10.5 Å². The van der Waals surface area contributed by atoms with Crippen LogP contribution in [0.3, 0.4) is 0 Å². The molecule has 0 fully saturated rings. The summed E-state index contributed by atoms with van der Waals surface area (Å²) in [5, 5.41) is 4.01. The van der Waals surface area contributed by atoms with Crippen LogP contribution in [0.25, 0.3) is 11.1 Å². The van der Waals surface area contributed by atoms with Crippen LogP contribution in [0.1, 0.15) is 5.56 Å². The molecule has 1 aromatic heterocycles. The molecule has 18 heavy (non-hydrogen) atoms. The number of hydrogen-bond donors (Lipinski definition) is 1. The van der Waals surface area contributed by atoms with Crippen molar-refractivity contribution in [1.29, 1.82) is 0 Å². The second kappa shape index (κ2) is 4.61. The largest absolute Gasteiger partial charge is 0.492 e. The number of rotatable bonds is 2. The third-order valence-corrected chi connectivity index (χ3v) is 3.81. The van der Waals surface area contributed by atoms with Gasteiger partial charge >= 0.3 is 0 Å². The molecule has 0 bridgehead atoms. The van der Waals surface area contributed by atoms with Crippen LogP contribution in [0.15, 0.2) is 16.7 Å². The van der Waals surface area contributed by atoms with Crippen LogP contribution in [0.5, 0.6) is 5.75 Å². The Bertz CT molecular complexity index is 610. The van der Waals surface area contributed by atoms with Gasteiger partial charge in [0, 0.05) is 18.2 Å². The van der Waals surface area contributed by atoms with E-state index in [9.17, 15) is 4.39 Å². The van der Waals surface area contributed by atoms with Gasteiger partial charge < -0.3 is 10.5 Å². The molecule has 1 heterocycles. The van der Waals surface area contributed by atoms with Gasteiger partial charge in [-0.2, -0.15) is 5.10 Å². The maximum absolute atomic E-state index is 14.3. The van der Waals surface area contributed by atoms with Crippen molar-refractivity contribution >= 4 is 21.7 Å². The summed E-state index contributed by atoms with van der Waals surface area (Å²) in [4.78, 5) is 0. The summed E-state index contributed by atoms with van der Waals surface area (Å²) in [6, 6.07) is 1.72.